The van der Waals surface area contributed by atoms with Gasteiger partial charge in [-0.2, -0.15) is 0 Å². The minimum atomic E-state index is -1.09. The number of hydrogen-bond donors (Lipinski definition) is 3. The van der Waals surface area contributed by atoms with Crippen molar-refractivity contribution in [3.63, 3.8) is 0 Å². The maximum Gasteiger partial charge on any atom is 0.311 e. The maximum atomic E-state index is 14.1. The lowest BCUT2D eigenvalue weighted by atomic mass is 10.1. The molecule has 0 fully saturated rings. The van der Waals surface area contributed by atoms with Gasteiger partial charge in [0.05, 0.1) is 28.3 Å². The lowest BCUT2D eigenvalue weighted by Gasteiger charge is -2.22. The van der Waals surface area contributed by atoms with Crippen molar-refractivity contribution in [2.75, 3.05) is 16.9 Å². The number of pyridine rings is 1. The molecule has 1 atom stereocenters. The summed E-state index contributed by atoms with van der Waals surface area (Å²) in [6, 6.07) is 11.2. The van der Waals surface area contributed by atoms with Crippen LogP contribution in [-0.4, -0.2) is 40.9 Å². The lowest BCUT2D eigenvalue weighted by molar-refractivity contribution is -0.156. The molecule has 3 rings (SSSR count). The fraction of sp³-hybridized carbons (Fsp3) is 0.259. The van der Waals surface area contributed by atoms with Gasteiger partial charge >= 0.3 is 5.97 Å². The number of ether oxygens (including phenoxy) is 2. The van der Waals surface area contributed by atoms with E-state index in [0.717, 1.165) is 17.0 Å². The Hall–Kier alpha value is -3.67. The van der Waals surface area contributed by atoms with Crippen LogP contribution in [0.2, 0.25) is 5.02 Å². The third kappa shape index (κ3) is 8.95. The van der Waals surface area contributed by atoms with Crippen molar-refractivity contribution in [2.24, 2.45) is 5.73 Å². The predicted molar refractivity (Wildman–Crippen MR) is 149 cm³/mol. The first-order valence-electron chi connectivity index (χ1n) is 11.7. The van der Waals surface area contributed by atoms with Crippen LogP contribution < -0.4 is 21.1 Å². The van der Waals surface area contributed by atoms with Gasteiger partial charge in [-0.15, -0.1) is 11.8 Å². The molecule has 12 heteroatoms. The summed E-state index contributed by atoms with van der Waals surface area (Å²) in [5.41, 5.74) is 5.34. The Morgan fingerprint density at radius 3 is 2.41 bits per heavy atom. The summed E-state index contributed by atoms with van der Waals surface area (Å²) in [6.07, 6.45) is 1.85. The number of hydrogen-bond acceptors (Lipinski definition) is 8. The first kappa shape index (κ1) is 29.9. The fourth-order valence-corrected chi connectivity index (χ4v) is 3.84. The summed E-state index contributed by atoms with van der Waals surface area (Å²) in [5, 5.41) is 5.54. The van der Waals surface area contributed by atoms with Crippen molar-refractivity contribution in [3.8, 4) is 5.75 Å². The van der Waals surface area contributed by atoms with Crippen LogP contribution in [0.5, 0.6) is 5.75 Å². The highest BCUT2D eigenvalue weighted by atomic mass is 35.5. The molecule has 0 aliphatic heterocycles. The van der Waals surface area contributed by atoms with Crippen molar-refractivity contribution >= 4 is 52.7 Å². The second-order valence-corrected chi connectivity index (χ2v) is 10.6. The maximum absolute atomic E-state index is 14.1. The molecule has 206 valence electrons. The van der Waals surface area contributed by atoms with Crippen LogP contribution in [0.3, 0.4) is 0 Å². The Bertz CT molecular complexity index is 1370. The van der Waals surface area contributed by atoms with Crippen molar-refractivity contribution in [3.05, 3.63) is 76.7 Å². The van der Waals surface area contributed by atoms with E-state index in [0.29, 0.717) is 5.02 Å². The number of esters is 1. The summed E-state index contributed by atoms with van der Waals surface area (Å²) in [4.78, 5) is 43.1. The van der Waals surface area contributed by atoms with E-state index in [1.54, 1.807) is 32.9 Å². The molecular weight excluding hydrogens is 547 g/mol. The quantitative estimate of drug-likeness (QED) is 0.173. The molecule has 0 radical (unpaired) electrons. The number of aromatic nitrogens is 1. The molecule has 0 aliphatic carbocycles. The molecule has 0 aliphatic rings. The molecule has 1 heterocycles. The average Bonchev–Trinajstić information content (AvgIpc) is 2.85. The fourth-order valence-electron chi connectivity index (χ4n) is 3.30. The second kappa shape index (κ2) is 12.9. The number of nitrogens with one attached hydrogen (secondary N) is 2. The number of carbonyl (C=O) groups excluding carboxylic acids is 3. The highest BCUT2D eigenvalue weighted by Crippen LogP contribution is 2.28. The SMILES string of the molecule is CSc1ccc(C(=O)Nc2ccc(F)cc2C(=O)Nc2ccc(Cl)cn2)c(OC(N)CC(=O)OC(C)(C)C)c1. The molecule has 0 saturated heterocycles. The van der Waals surface area contributed by atoms with Gasteiger partial charge in [-0.25, -0.2) is 9.37 Å². The predicted octanol–water partition coefficient (Wildman–Crippen LogP) is 5.50. The van der Waals surface area contributed by atoms with Crippen LogP contribution in [0.15, 0.2) is 59.6 Å². The summed E-state index contributed by atoms with van der Waals surface area (Å²) >= 11 is 7.24. The van der Waals surface area contributed by atoms with Crippen molar-refractivity contribution in [1.82, 2.24) is 4.98 Å². The van der Waals surface area contributed by atoms with Crippen LogP contribution in [0.1, 0.15) is 47.9 Å². The summed E-state index contributed by atoms with van der Waals surface area (Å²) in [7, 11) is 0. The standard InChI is InChI=1S/C27H28ClFN4O5S/c1-27(2,3)38-24(34)13-22(30)37-21-12-17(39-4)7-8-18(21)25(35)32-20-9-6-16(29)11-19(20)26(36)33-23-10-5-15(28)14-31-23/h5-12,14,22H,13,30H2,1-4H3,(H,32,35)(H,31,33,36). The van der Waals surface area contributed by atoms with Gasteiger partial charge in [-0.3, -0.25) is 20.1 Å². The second-order valence-electron chi connectivity index (χ2n) is 9.27. The largest absolute Gasteiger partial charge is 0.474 e. The highest BCUT2D eigenvalue weighted by molar-refractivity contribution is 7.98. The Morgan fingerprint density at radius 1 is 1.05 bits per heavy atom. The molecule has 9 nitrogen and oxygen atoms in total. The molecule has 0 bridgehead atoms. The van der Waals surface area contributed by atoms with Gasteiger partial charge < -0.3 is 20.1 Å². The monoisotopic (exact) mass is 574 g/mol. The zero-order chi connectivity index (χ0) is 28.7. The number of carbonyl (C=O) groups is 3. The highest BCUT2D eigenvalue weighted by Gasteiger charge is 2.23. The van der Waals surface area contributed by atoms with E-state index in [2.05, 4.69) is 15.6 Å². The van der Waals surface area contributed by atoms with Gasteiger partial charge in [-0.05, 0) is 75.6 Å². The van der Waals surface area contributed by atoms with Gasteiger partial charge in [0.25, 0.3) is 11.8 Å². The van der Waals surface area contributed by atoms with E-state index in [1.807, 2.05) is 6.26 Å². The molecule has 39 heavy (non-hydrogen) atoms. The topological polar surface area (TPSA) is 133 Å². The number of nitrogens with two attached hydrogens (primary N) is 1. The summed E-state index contributed by atoms with van der Waals surface area (Å²) in [5.74, 6) is -2.27. The number of amides is 2. The average molecular weight is 575 g/mol. The normalized spacial score (nSPS) is 11.9. The summed E-state index contributed by atoms with van der Waals surface area (Å²) < 4.78 is 25.1. The van der Waals surface area contributed by atoms with Crippen LogP contribution in [0, 0.1) is 5.82 Å². The van der Waals surface area contributed by atoms with E-state index in [9.17, 15) is 18.8 Å². The van der Waals surface area contributed by atoms with E-state index in [4.69, 9.17) is 26.8 Å². The van der Waals surface area contributed by atoms with E-state index in [-0.39, 0.29) is 34.8 Å². The molecule has 0 spiro atoms. The van der Waals surface area contributed by atoms with E-state index >= 15 is 0 Å². The lowest BCUT2D eigenvalue weighted by Crippen LogP contribution is -2.34. The van der Waals surface area contributed by atoms with Crippen LogP contribution >= 0.6 is 23.4 Å². The Labute approximate surface area is 234 Å². The zero-order valence-corrected chi connectivity index (χ0v) is 23.3. The Kier molecular flexibility index (Phi) is 9.90. The van der Waals surface area contributed by atoms with E-state index < -0.39 is 35.4 Å². The van der Waals surface area contributed by atoms with Gasteiger partial charge in [0.2, 0.25) is 0 Å². The number of nitrogens with zero attached hydrogens (tertiary/aromatic N) is 1. The minimum absolute atomic E-state index is 0.0470. The number of benzene rings is 2. The molecule has 1 aromatic heterocycles. The smallest absolute Gasteiger partial charge is 0.311 e. The summed E-state index contributed by atoms with van der Waals surface area (Å²) in [6.45, 7) is 5.20. The first-order chi connectivity index (χ1) is 18.3. The van der Waals surface area contributed by atoms with Gasteiger partial charge in [-0.1, -0.05) is 11.6 Å². The number of anilines is 2. The van der Waals surface area contributed by atoms with Crippen molar-refractivity contribution in [1.29, 1.82) is 0 Å². The van der Waals surface area contributed by atoms with Gasteiger partial charge in [0.15, 0.2) is 6.23 Å². The molecule has 4 N–H and O–H groups in total. The van der Waals surface area contributed by atoms with E-state index in [1.165, 1.54) is 42.2 Å². The van der Waals surface area contributed by atoms with Crippen molar-refractivity contribution < 1.29 is 28.2 Å². The molecule has 2 aromatic carbocycles. The molecule has 0 saturated carbocycles. The Balaban J connectivity index is 1.83. The molecule has 2 amide bonds. The van der Waals surface area contributed by atoms with Crippen LogP contribution in [0.4, 0.5) is 15.9 Å². The number of thioether (sulfide) groups is 1. The third-order valence-electron chi connectivity index (χ3n) is 4.94. The zero-order valence-electron chi connectivity index (χ0n) is 21.7. The van der Waals surface area contributed by atoms with Crippen molar-refractivity contribution in [2.45, 2.75) is 43.9 Å². The first-order valence-corrected chi connectivity index (χ1v) is 13.3. The Morgan fingerprint density at radius 2 is 1.77 bits per heavy atom. The molecule has 1 unspecified atom stereocenters. The molecular formula is C27H28ClFN4O5S. The van der Waals surface area contributed by atoms with Crippen LogP contribution in [-0.2, 0) is 9.53 Å². The molecule has 3 aromatic rings. The number of halogens is 2. The third-order valence-corrected chi connectivity index (χ3v) is 5.89. The van der Waals surface area contributed by atoms with Crippen LogP contribution in [0.25, 0.3) is 0 Å². The number of rotatable bonds is 9. The minimum Gasteiger partial charge on any atom is -0.474 e. The van der Waals surface area contributed by atoms with Gasteiger partial charge in [0.1, 0.15) is 23.0 Å². The van der Waals surface area contributed by atoms with Gasteiger partial charge in [0, 0.05) is 11.1 Å².